The van der Waals surface area contributed by atoms with Gasteiger partial charge in [0.1, 0.15) is 11.6 Å². The third-order valence-electron chi connectivity index (χ3n) is 3.65. The molecule has 0 aliphatic carbocycles. The number of hydrogen-bond donors (Lipinski definition) is 1. The van der Waals surface area contributed by atoms with Crippen molar-refractivity contribution in [2.75, 3.05) is 33.1 Å². The molecule has 150 valence electrons. The molecule has 2 aromatic carbocycles. The van der Waals surface area contributed by atoms with E-state index in [-0.39, 0.29) is 4.90 Å². The van der Waals surface area contributed by atoms with E-state index >= 15 is 0 Å². The van der Waals surface area contributed by atoms with E-state index in [4.69, 9.17) is 9.47 Å². The summed E-state index contributed by atoms with van der Waals surface area (Å²) in [4.78, 5) is 23.8. The van der Waals surface area contributed by atoms with Gasteiger partial charge in [-0.25, -0.2) is 21.9 Å². The Morgan fingerprint density at radius 3 is 2.46 bits per heavy atom. The van der Waals surface area contributed by atoms with Gasteiger partial charge in [-0.3, -0.25) is 4.79 Å². The first-order chi connectivity index (χ1) is 13.2. The minimum absolute atomic E-state index is 0.274. The summed E-state index contributed by atoms with van der Waals surface area (Å²) in [5.41, 5.74) is -0.218. The van der Waals surface area contributed by atoms with Crippen molar-refractivity contribution in [1.29, 1.82) is 0 Å². The fourth-order valence-electron chi connectivity index (χ4n) is 2.18. The van der Waals surface area contributed by atoms with Gasteiger partial charge >= 0.3 is 5.97 Å². The molecule has 0 radical (unpaired) electrons. The number of ether oxygens (including phenoxy) is 2. The van der Waals surface area contributed by atoms with Crippen LogP contribution in [0.15, 0.2) is 47.4 Å². The van der Waals surface area contributed by atoms with Crippen molar-refractivity contribution in [1.82, 2.24) is 4.31 Å². The number of esters is 1. The number of anilines is 1. The highest BCUT2D eigenvalue weighted by Crippen LogP contribution is 2.23. The number of carbonyl (C=O) groups excluding carboxylic acids is 2. The second-order valence-corrected chi connectivity index (χ2v) is 7.91. The van der Waals surface area contributed by atoms with Gasteiger partial charge < -0.3 is 14.8 Å². The highest BCUT2D eigenvalue weighted by Gasteiger charge is 2.22. The van der Waals surface area contributed by atoms with E-state index < -0.39 is 39.9 Å². The van der Waals surface area contributed by atoms with Crippen molar-refractivity contribution in [3.05, 3.63) is 53.8 Å². The van der Waals surface area contributed by atoms with Gasteiger partial charge in [-0.05, 0) is 30.3 Å². The van der Waals surface area contributed by atoms with Crippen molar-refractivity contribution < 1.29 is 31.9 Å². The van der Waals surface area contributed by atoms with Crippen molar-refractivity contribution in [3.8, 4) is 5.75 Å². The number of nitrogens with one attached hydrogen (secondary N) is 1. The number of nitrogens with zero attached hydrogens (tertiary/aromatic N) is 1. The molecule has 0 bridgehead atoms. The van der Waals surface area contributed by atoms with Crippen molar-refractivity contribution >= 4 is 27.6 Å². The molecule has 28 heavy (non-hydrogen) atoms. The van der Waals surface area contributed by atoms with Gasteiger partial charge in [-0.15, -0.1) is 0 Å². The van der Waals surface area contributed by atoms with E-state index in [9.17, 15) is 22.4 Å². The van der Waals surface area contributed by atoms with Gasteiger partial charge in [0.2, 0.25) is 10.0 Å². The van der Waals surface area contributed by atoms with Crippen LogP contribution < -0.4 is 10.1 Å². The van der Waals surface area contributed by atoms with Crippen molar-refractivity contribution in [3.63, 3.8) is 0 Å². The van der Waals surface area contributed by atoms with Crippen LogP contribution in [0.2, 0.25) is 0 Å². The average Bonchev–Trinajstić information content (AvgIpc) is 2.66. The molecule has 2 aromatic rings. The van der Waals surface area contributed by atoms with E-state index in [2.05, 4.69) is 5.32 Å². The maximum atomic E-state index is 14.0. The number of halogens is 1. The number of hydrogen-bond acceptors (Lipinski definition) is 6. The molecule has 0 atom stereocenters. The average molecular weight is 410 g/mol. The summed E-state index contributed by atoms with van der Waals surface area (Å²) in [6, 6.07) is 9.37. The first-order valence-corrected chi connectivity index (χ1v) is 9.43. The Morgan fingerprint density at radius 1 is 1.14 bits per heavy atom. The highest BCUT2D eigenvalue weighted by atomic mass is 32.2. The van der Waals surface area contributed by atoms with Crippen LogP contribution >= 0.6 is 0 Å². The Labute approximate surface area is 161 Å². The molecular weight excluding hydrogens is 391 g/mol. The molecule has 1 amide bonds. The molecule has 0 heterocycles. The second-order valence-electron chi connectivity index (χ2n) is 5.75. The molecule has 0 fully saturated rings. The minimum Gasteiger partial charge on any atom is -0.495 e. The van der Waals surface area contributed by atoms with E-state index in [0.29, 0.717) is 11.4 Å². The van der Waals surface area contributed by atoms with Crippen molar-refractivity contribution in [2.45, 2.75) is 4.90 Å². The summed E-state index contributed by atoms with van der Waals surface area (Å²) in [5.74, 6) is -2.39. The summed E-state index contributed by atoms with van der Waals surface area (Å²) in [6.45, 7) is -0.693. The van der Waals surface area contributed by atoms with Crippen LogP contribution in [0.1, 0.15) is 10.4 Å². The summed E-state index contributed by atoms with van der Waals surface area (Å²) in [6.07, 6.45) is 0. The quantitative estimate of drug-likeness (QED) is 0.700. The zero-order valence-electron chi connectivity index (χ0n) is 15.4. The fraction of sp³-hybridized carbons (Fsp3) is 0.222. The van der Waals surface area contributed by atoms with E-state index in [1.165, 1.54) is 21.2 Å². The van der Waals surface area contributed by atoms with Crippen molar-refractivity contribution in [2.24, 2.45) is 0 Å². The predicted molar refractivity (Wildman–Crippen MR) is 99.2 cm³/mol. The van der Waals surface area contributed by atoms with Gasteiger partial charge in [-0.2, -0.15) is 0 Å². The molecule has 2 rings (SSSR count). The number of para-hydroxylation sites is 2. The first kappa shape index (κ1) is 21.3. The SMILES string of the molecule is COc1ccccc1NC(=O)COC(=O)c1cc(S(=O)(=O)N(C)C)ccc1F. The minimum atomic E-state index is -3.86. The normalized spacial score (nSPS) is 11.2. The van der Waals surface area contributed by atoms with Crippen LogP contribution in [0.4, 0.5) is 10.1 Å². The second kappa shape index (κ2) is 8.81. The number of methoxy groups -OCH3 is 1. The van der Waals surface area contributed by atoms with Gasteiger partial charge in [0, 0.05) is 14.1 Å². The van der Waals surface area contributed by atoms with Gasteiger partial charge in [0.25, 0.3) is 5.91 Å². The van der Waals surface area contributed by atoms with E-state index in [0.717, 1.165) is 22.5 Å². The molecule has 10 heteroatoms. The number of sulfonamides is 1. The lowest BCUT2D eigenvalue weighted by Crippen LogP contribution is -2.24. The summed E-state index contributed by atoms with van der Waals surface area (Å²) >= 11 is 0. The zero-order chi connectivity index (χ0) is 20.9. The van der Waals surface area contributed by atoms with E-state index in [1.54, 1.807) is 24.3 Å². The Hall–Kier alpha value is -2.98. The number of rotatable bonds is 7. The topological polar surface area (TPSA) is 102 Å². The first-order valence-electron chi connectivity index (χ1n) is 7.99. The van der Waals surface area contributed by atoms with Crippen LogP contribution in [0.5, 0.6) is 5.75 Å². The number of benzene rings is 2. The maximum Gasteiger partial charge on any atom is 0.341 e. The Kier molecular flexibility index (Phi) is 6.71. The molecule has 0 saturated carbocycles. The Bertz CT molecular complexity index is 991. The molecule has 0 unspecified atom stereocenters. The monoisotopic (exact) mass is 410 g/mol. The number of carbonyl (C=O) groups is 2. The molecule has 0 aliphatic heterocycles. The van der Waals surface area contributed by atoms with Crippen LogP contribution in [0, 0.1) is 5.82 Å². The van der Waals surface area contributed by atoms with Crippen LogP contribution in [-0.4, -0.2) is 52.4 Å². The van der Waals surface area contributed by atoms with Gasteiger partial charge in [-0.1, -0.05) is 12.1 Å². The summed E-state index contributed by atoms with van der Waals surface area (Å²) in [5, 5.41) is 2.50. The van der Waals surface area contributed by atoms with Crippen LogP contribution in [0.25, 0.3) is 0 Å². The lowest BCUT2D eigenvalue weighted by molar-refractivity contribution is -0.119. The lowest BCUT2D eigenvalue weighted by atomic mass is 10.2. The molecule has 0 aliphatic rings. The van der Waals surface area contributed by atoms with Gasteiger partial charge in [0.15, 0.2) is 6.61 Å². The third-order valence-corrected chi connectivity index (χ3v) is 5.46. The summed E-state index contributed by atoms with van der Waals surface area (Å²) in [7, 11) is 0.178. The standard InChI is InChI=1S/C18H19FN2O6S/c1-21(2)28(24,25)12-8-9-14(19)13(10-12)18(23)27-11-17(22)20-15-6-4-5-7-16(15)26-3/h4-10H,11H2,1-3H3,(H,20,22). The zero-order valence-corrected chi connectivity index (χ0v) is 16.2. The largest absolute Gasteiger partial charge is 0.495 e. The molecule has 0 spiro atoms. The lowest BCUT2D eigenvalue weighted by Gasteiger charge is -2.13. The summed E-state index contributed by atoms with van der Waals surface area (Å²) < 4.78 is 49.0. The molecule has 8 nitrogen and oxygen atoms in total. The maximum absolute atomic E-state index is 14.0. The predicted octanol–water partition coefficient (Wildman–Crippen LogP) is 1.88. The smallest absolute Gasteiger partial charge is 0.341 e. The van der Waals surface area contributed by atoms with E-state index in [1.807, 2.05) is 0 Å². The molecular formula is C18H19FN2O6S. The third kappa shape index (κ3) is 4.84. The Balaban J connectivity index is 2.10. The van der Waals surface area contributed by atoms with Crippen LogP contribution in [0.3, 0.4) is 0 Å². The fourth-order valence-corrected chi connectivity index (χ4v) is 3.10. The highest BCUT2D eigenvalue weighted by molar-refractivity contribution is 7.89. The Morgan fingerprint density at radius 2 is 1.82 bits per heavy atom. The molecule has 1 N–H and O–H groups in total. The molecule has 0 saturated heterocycles. The van der Waals surface area contributed by atoms with Gasteiger partial charge in [0.05, 0.1) is 23.3 Å². The van der Waals surface area contributed by atoms with Crippen LogP contribution in [-0.2, 0) is 19.6 Å². The molecule has 0 aromatic heterocycles. The number of amides is 1.